The molecule has 2 rings (SSSR count). The number of ether oxygens (including phenoxy) is 2. The highest BCUT2D eigenvalue weighted by Crippen LogP contribution is 2.33. The van der Waals surface area contributed by atoms with E-state index in [0.717, 1.165) is 23.6 Å². The fourth-order valence-corrected chi connectivity index (χ4v) is 2.05. The Kier molecular flexibility index (Phi) is 4.04. The molecular weight excluding hydrogens is 234 g/mol. The second-order valence-corrected chi connectivity index (χ2v) is 4.22. The Morgan fingerprint density at radius 2 is 2.39 bits per heavy atom. The molecule has 0 aliphatic carbocycles. The first kappa shape index (κ1) is 12.7. The van der Waals surface area contributed by atoms with Gasteiger partial charge in [-0.3, -0.25) is 9.69 Å². The van der Waals surface area contributed by atoms with Gasteiger partial charge in [-0.2, -0.15) is 0 Å². The monoisotopic (exact) mass is 251 g/mol. The van der Waals surface area contributed by atoms with Crippen molar-refractivity contribution in [3.8, 4) is 11.5 Å². The second kappa shape index (κ2) is 5.73. The second-order valence-electron chi connectivity index (χ2n) is 4.22. The summed E-state index contributed by atoms with van der Waals surface area (Å²) in [6, 6.07) is 5.77. The van der Waals surface area contributed by atoms with Crippen LogP contribution in [0.3, 0.4) is 0 Å². The zero-order valence-corrected chi connectivity index (χ0v) is 10.4. The van der Waals surface area contributed by atoms with E-state index in [1.54, 1.807) is 7.11 Å². The van der Waals surface area contributed by atoms with Crippen LogP contribution in [-0.2, 0) is 11.3 Å². The minimum Gasteiger partial charge on any atom is -0.493 e. The molecule has 0 aromatic heterocycles. The topological polar surface area (TPSA) is 59.0 Å². The summed E-state index contributed by atoms with van der Waals surface area (Å²) in [5.41, 5.74) is 1.04. The van der Waals surface area contributed by atoms with E-state index in [-0.39, 0.29) is 6.42 Å². The van der Waals surface area contributed by atoms with Crippen molar-refractivity contribution < 1.29 is 19.4 Å². The minimum atomic E-state index is -0.772. The summed E-state index contributed by atoms with van der Waals surface area (Å²) >= 11 is 0. The molecule has 0 saturated carbocycles. The molecule has 1 N–H and O–H groups in total. The molecule has 98 valence electrons. The molecule has 1 aromatic rings. The number of fused-ring (bicyclic) bond motifs is 1. The van der Waals surface area contributed by atoms with E-state index >= 15 is 0 Å². The quantitative estimate of drug-likeness (QED) is 0.875. The molecule has 1 aliphatic heterocycles. The van der Waals surface area contributed by atoms with Crippen molar-refractivity contribution in [2.24, 2.45) is 0 Å². The average Bonchev–Trinajstić information content (AvgIpc) is 2.57. The molecule has 1 aliphatic rings. The Morgan fingerprint density at radius 1 is 1.56 bits per heavy atom. The molecule has 0 atom stereocenters. The molecule has 18 heavy (non-hydrogen) atoms. The van der Waals surface area contributed by atoms with Gasteiger partial charge in [0.15, 0.2) is 11.5 Å². The van der Waals surface area contributed by atoms with Crippen molar-refractivity contribution in [2.45, 2.75) is 13.0 Å². The maximum atomic E-state index is 10.6. The Balaban J connectivity index is 2.12. The Bertz CT molecular complexity index is 433. The molecule has 0 spiro atoms. The number of para-hydroxylation sites is 1. The summed E-state index contributed by atoms with van der Waals surface area (Å²) in [7, 11) is 1.62. The van der Waals surface area contributed by atoms with Gasteiger partial charge in [0.25, 0.3) is 0 Å². The highest BCUT2D eigenvalue weighted by Gasteiger charge is 2.18. The lowest BCUT2D eigenvalue weighted by molar-refractivity contribution is -0.137. The minimum absolute atomic E-state index is 0.152. The largest absolute Gasteiger partial charge is 0.493 e. The number of carboxylic acid groups (broad SMARTS) is 1. The number of hydrogen-bond donors (Lipinski definition) is 1. The lowest BCUT2D eigenvalue weighted by Gasteiger charge is -2.17. The van der Waals surface area contributed by atoms with E-state index in [2.05, 4.69) is 4.90 Å². The van der Waals surface area contributed by atoms with Gasteiger partial charge in [0, 0.05) is 25.2 Å². The zero-order chi connectivity index (χ0) is 13.0. The third-order valence-electron chi connectivity index (χ3n) is 2.97. The van der Waals surface area contributed by atoms with Crippen LogP contribution in [-0.4, -0.2) is 42.8 Å². The van der Waals surface area contributed by atoms with Gasteiger partial charge in [-0.15, -0.1) is 0 Å². The van der Waals surface area contributed by atoms with Crippen LogP contribution in [0.25, 0.3) is 0 Å². The molecule has 0 saturated heterocycles. The van der Waals surface area contributed by atoms with E-state index in [9.17, 15) is 4.79 Å². The summed E-state index contributed by atoms with van der Waals surface area (Å²) in [6.45, 7) is 2.51. The number of methoxy groups -OCH3 is 1. The van der Waals surface area contributed by atoms with E-state index in [4.69, 9.17) is 14.6 Å². The van der Waals surface area contributed by atoms with Gasteiger partial charge < -0.3 is 14.6 Å². The highest BCUT2D eigenvalue weighted by atomic mass is 16.5. The number of benzene rings is 1. The predicted octanol–water partition coefficient (Wildman–Crippen LogP) is 1.36. The smallest absolute Gasteiger partial charge is 0.304 e. The number of carbonyl (C=O) groups is 1. The van der Waals surface area contributed by atoms with Crippen LogP contribution in [0.2, 0.25) is 0 Å². The number of rotatable bonds is 4. The molecule has 1 aromatic carbocycles. The maximum Gasteiger partial charge on any atom is 0.304 e. The average molecular weight is 251 g/mol. The molecule has 5 nitrogen and oxygen atoms in total. The molecule has 0 fully saturated rings. The highest BCUT2D eigenvalue weighted by molar-refractivity contribution is 5.66. The lowest BCUT2D eigenvalue weighted by Crippen LogP contribution is -2.28. The van der Waals surface area contributed by atoms with Crippen molar-refractivity contribution in [3.05, 3.63) is 23.8 Å². The van der Waals surface area contributed by atoms with E-state index in [1.165, 1.54) is 0 Å². The maximum absolute atomic E-state index is 10.6. The third-order valence-corrected chi connectivity index (χ3v) is 2.97. The van der Waals surface area contributed by atoms with Crippen LogP contribution in [0.1, 0.15) is 12.0 Å². The SMILES string of the molecule is COc1cccc2c1OCCN(CCC(=O)O)C2. The van der Waals surface area contributed by atoms with Crippen molar-refractivity contribution in [2.75, 3.05) is 26.8 Å². The summed E-state index contributed by atoms with van der Waals surface area (Å²) in [5, 5.41) is 8.71. The van der Waals surface area contributed by atoms with Crippen molar-refractivity contribution in [1.29, 1.82) is 0 Å². The van der Waals surface area contributed by atoms with Crippen LogP contribution in [0.5, 0.6) is 11.5 Å². The van der Waals surface area contributed by atoms with Crippen molar-refractivity contribution in [1.82, 2.24) is 4.90 Å². The van der Waals surface area contributed by atoms with Gasteiger partial charge in [0.05, 0.1) is 13.5 Å². The van der Waals surface area contributed by atoms with Crippen LogP contribution in [0, 0.1) is 0 Å². The summed E-state index contributed by atoms with van der Waals surface area (Å²) in [5.74, 6) is 0.733. The lowest BCUT2D eigenvalue weighted by atomic mass is 10.1. The van der Waals surface area contributed by atoms with E-state index < -0.39 is 5.97 Å². The molecule has 0 amide bonds. The molecule has 1 heterocycles. The van der Waals surface area contributed by atoms with Gasteiger partial charge in [0.2, 0.25) is 0 Å². The number of hydrogen-bond acceptors (Lipinski definition) is 4. The number of nitrogens with zero attached hydrogens (tertiary/aromatic N) is 1. The van der Waals surface area contributed by atoms with Gasteiger partial charge in [-0.05, 0) is 6.07 Å². The first-order valence-electron chi connectivity index (χ1n) is 5.93. The van der Waals surface area contributed by atoms with Gasteiger partial charge in [0.1, 0.15) is 6.61 Å². The molecular formula is C13H17NO4. The van der Waals surface area contributed by atoms with Gasteiger partial charge in [-0.25, -0.2) is 0 Å². The first-order valence-corrected chi connectivity index (χ1v) is 5.93. The van der Waals surface area contributed by atoms with E-state index in [0.29, 0.717) is 19.7 Å². The number of carboxylic acids is 1. The predicted molar refractivity (Wildman–Crippen MR) is 66.0 cm³/mol. The third kappa shape index (κ3) is 2.92. The Hall–Kier alpha value is -1.75. The molecule has 0 radical (unpaired) electrons. The summed E-state index contributed by atoms with van der Waals surface area (Å²) < 4.78 is 11.0. The Morgan fingerprint density at radius 3 is 3.11 bits per heavy atom. The standard InChI is InChI=1S/C13H17NO4/c1-17-11-4-2-3-10-9-14(6-5-12(15)16)7-8-18-13(10)11/h2-4H,5-9H2,1H3,(H,15,16). The van der Waals surface area contributed by atoms with Crippen LogP contribution < -0.4 is 9.47 Å². The Labute approximate surface area is 106 Å². The molecule has 5 heteroatoms. The normalized spacial score (nSPS) is 15.4. The van der Waals surface area contributed by atoms with Crippen molar-refractivity contribution >= 4 is 5.97 Å². The van der Waals surface area contributed by atoms with Crippen molar-refractivity contribution in [3.63, 3.8) is 0 Å². The summed E-state index contributed by atoms with van der Waals surface area (Å²) in [4.78, 5) is 12.7. The van der Waals surface area contributed by atoms with Crippen LogP contribution >= 0.6 is 0 Å². The fraction of sp³-hybridized carbons (Fsp3) is 0.462. The van der Waals surface area contributed by atoms with E-state index in [1.807, 2.05) is 18.2 Å². The number of aliphatic carboxylic acids is 1. The zero-order valence-electron chi connectivity index (χ0n) is 10.4. The van der Waals surface area contributed by atoms with Crippen LogP contribution in [0.15, 0.2) is 18.2 Å². The van der Waals surface area contributed by atoms with Crippen LogP contribution in [0.4, 0.5) is 0 Å². The first-order chi connectivity index (χ1) is 8.70. The van der Waals surface area contributed by atoms with Gasteiger partial charge in [-0.1, -0.05) is 12.1 Å². The van der Waals surface area contributed by atoms with Gasteiger partial charge >= 0.3 is 5.97 Å². The molecule has 0 unspecified atom stereocenters. The molecule has 0 bridgehead atoms. The fourth-order valence-electron chi connectivity index (χ4n) is 2.05. The summed E-state index contributed by atoms with van der Waals surface area (Å²) in [6.07, 6.45) is 0.152.